The summed E-state index contributed by atoms with van der Waals surface area (Å²) in [7, 11) is 0. The number of likely N-dealkylation sites (tertiary alicyclic amines) is 1. The molecule has 0 radical (unpaired) electrons. The third-order valence-electron chi connectivity index (χ3n) is 6.06. The summed E-state index contributed by atoms with van der Waals surface area (Å²) in [5, 5.41) is 3.26. The predicted molar refractivity (Wildman–Crippen MR) is 108 cm³/mol. The molecular formula is C21H31N5O2. The molecule has 28 heavy (non-hydrogen) atoms. The second kappa shape index (κ2) is 6.72. The van der Waals surface area contributed by atoms with Crippen LogP contribution in [-0.4, -0.2) is 49.4 Å². The van der Waals surface area contributed by atoms with Crippen molar-refractivity contribution in [2.24, 2.45) is 5.41 Å². The molecule has 2 aliphatic rings. The van der Waals surface area contributed by atoms with E-state index in [0.717, 1.165) is 55.8 Å². The molecule has 0 unspecified atom stereocenters. The highest BCUT2D eigenvalue weighted by Crippen LogP contribution is 2.35. The average molecular weight is 386 g/mol. The Morgan fingerprint density at radius 3 is 2.71 bits per heavy atom. The first-order valence-electron chi connectivity index (χ1n) is 10.4. The van der Waals surface area contributed by atoms with Crippen molar-refractivity contribution < 1.29 is 4.79 Å². The van der Waals surface area contributed by atoms with Crippen molar-refractivity contribution in [2.45, 2.75) is 72.5 Å². The van der Waals surface area contributed by atoms with E-state index in [2.05, 4.69) is 23.8 Å². The molecule has 1 amide bonds. The average Bonchev–Trinajstić information content (AvgIpc) is 3.26. The Morgan fingerprint density at radius 1 is 1.29 bits per heavy atom. The van der Waals surface area contributed by atoms with Crippen molar-refractivity contribution in [1.29, 1.82) is 0 Å². The second-order valence-electron chi connectivity index (χ2n) is 9.47. The van der Waals surface area contributed by atoms with E-state index < -0.39 is 5.41 Å². The van der Waals surface area contributed by atoms with Gasteiger partial charge in [0, 0.05) is 42.7 Å². The summed E-state index contributed by atoms with van der Waals surface area (Å²) in [5.41, 5.74) is 2.85. The number of H-pyrrole nitrogens is 1. The zero-order valence-electron chi connectivity index (χ0n) is 17.6. The van der Waals surface area contributed by atoms with Gasteiger partial charge in [-0.2, -0.15) is 0 Å². The van der Waals surface area contributed by atoms with Crippen molar-refractivity contribution in [2.75, 3.05) is 13.1 Å². The standard InChI is InChI=1S/C21H31N5O2/c1-13(2)24-10-8-14-16(12-24)22-18-11-15(23-26(18)19(14)27)17-7-6-9-25(17)20(28)21(3,4)5/h11,13,17,23H,6-10,12H2,1-5H3/t17-/m0/s1. The van der Waals surface area contributed by atoms with E-state index >= 15 is 0 Å². The van der Waals surface area contributed by atoms with Gasteiger partial charge in [-0.3, -0.25) is 19.6 Å². The van der Waals surface area contributed by atoms with Gasteiger partial charge in [0.05, 0.1) is 17.4 Å². The lowest BCUT2D eigenvalue weighted by Gasteiger charge is -2.30. The molecule has 1 atom stereocenters. The fraction of sp³-hybridized carbons (Fsp3) is 0.667. The SMILES string of the molecule is CC(C)N1CCc2c(nc3cc([C@@H]4CCCN4C(=O)C(C)(C)C)[nH]n3c2=O)C1. The number of aromatic nitrogens is 3. The molecule has 4 rings (SSSR count). The highest BCUT2D eigenvalue weighted by Gasteiger charge is 2.36. The van der Waals surface area contributed by atoms with Crippen LogP contribution in [0.15, 0.2) is 10.9 Å². The van der Waals surface area contributed by atoms with Gasteiger partial charge in [-0.1, -0.05) is 20.8 Å². The molecule has 4 heterocycles. The number of rotatable bonds is 2. The van der Waals surface area contributed by atoms with Gasteiger partial charge in [0.25, 0.3) is 5.56 Å². The summed E-state index contributed by atoms with van der Waals surface area (Å²) in [6.07, 6.45) is 2.61. The zero-order chi connectivity index (χ0) is 20.2. The van der Waals surface area contributed by atoms with Gasteiger partial charge in [0.2, 0.25) is 5.91 Å². The molecule has 0 saturated carbocycles. The molecule has 7 nitrogen and oxygen atoms in total. The summed E-state index contributed by atoms with van der Waals surface area (Å²) in [4.78, 5) is 35.0. The molecule has 0 aliphatic carbocycles. The maximum absolute atomic E-state index is 13.0. The monoisotopic (exact) mass is 385 g/mol. The van der Waals surface area contributed by atoms with Gasteiger partial charge in [-0.25, -0.2) is 9.50 Å². The number of carbonyl (C=O) groups is 1. The van der Waals surface area contributed by atoms with Crippen LogP contribution in [-0.2, 0) is 17.8 Å². The first-order valence-corrected chi connectivity index (χ1v) is 10.4. The number of carbonyl (C=O) groups excluding carboxylic acids is 1. The van der Waals surface area contributed by atoms with Crippen molar-refractivity contribution in [1.82, 2.24) is 24.4 Å². The molecule has 2 aliphatic heterocycles. The maximum Gasteiger partial charge on any atom is 0.276 e. The van der Waals surface area contributed by atoms with E-state index in [4.69, 9.17) is 4.98 Å². The number of hydrogen-bond donors (Lipinski definition) is 1. The van der Waals surface area contributed by atoms with Crippen molar-refractivity contribution >= 4 is 11.6 Å². The summed E-state index contributed by atoms with van der Waals surface area (Å²) in [6, 6.07) is 2.37. The van der Waals surface area contributed by atoms with E-state index in [1.54, 1.807) is 4.52 Å². The summed E-state index contributed by atoms with van der Waals surface area (Å²) in [5.74, 6) is 0.154. The van der Waals surface area contributed by atoms with Gasteiger partial charge in [0.15, 0.2) is 5.65 Å². The second-order valence-corrected chi connectivity index (χ2v) is 9.47. The maximum atomic E-state index is 13.0. The van der Waals surface area contributed by atoms with E-state index in [-0.39, 0.29) is 17.5 Å². The Kier molecular flexibility index (Phi) is 4.61. The molecule has 1 N–H and O–H groups in total. The lowest BCUT2D eigenvalue weighted by Crippen LogP contribution is -2.40. The number of fused-ring (bicyclic) bond motifs is 2. The minimum Gasteiger partial charge on any atom is -0.334 e. The molecule has 152 valence electrons. The number of nitrogens with zero attached hydrogens (tertiary/aromatic N) is 4. The molecule has 0 aromatic carbocycles. The largest absolute Gasteiger partial charge is 0.334 e. The molecular weight excluding hydrogens is 354 g/mol. The number of hydrogen-bond acceptors (Lipinski definition) is 4. The van der Waals surface area contributed by atoms with Gasteiger partial charge >= 0.3 is 0 Å². The van der Waals surface area contributed by atoms with Crippen LogP contribution < -0.4 is 5.56 Å². The Bertz CT molecular complexity index is 966. The predicted octanol–water partition coefficient (Wildman–Crippen LogP) is 2.50. The van der Waals surface area contributed by atoms with Gasteiger partial charge in [-0.15, -0.1) is 0 Å². The van der Waals surface area contributed by atoms with Gasteiger partial charge < -0.3 is 4.90 Å². The van der Waals surface area contributed by atoms with Crippen LogP contribution in [0.4, 0.5) is 0 Å². The van der Waals surface area contributed by atoms with E-state index in [9.17, 15) is 9.59 Å². The van der Waals surface area contributed by atoms with Crippen molar-refractivity contribution in [3.8, 4) is 0 Å². The minimum absolute atomic E-state index is 0.00125. The fourth-order valence-electron chi connectivity index (χ4n) is 4.41. The zero-order valence-corrected chi connectivity index (χ0v) is 17.6. The van der Waals surface area contributed by atoms with Crippen LogP contribution in [0.25, 0.3) is 5.65 Å². The number of nitrogens with one attached hydrogen (secondary N) is 1. The molecule has 2 aromatic heterocycles. The first-order chi connectivity index (χ1) is 13.2. The molecule has 2 aromatic rings. The number of amides is 1. The van der Waals surface area contributed by atoms with E-state index in [0.29, 0.717) is 11.7 Å². The molecule has 0 spiro atoms. The number of aromatic amines is 1. The minimum atomic E-state index is -0.414. The summed E-state index contributed by atoms with van der Waals surface area (Å²) >= 11 is 0. The molecule has 1 saturated heterocycles. The van der Waals surface area contributed by atoms with Gasteiger partial charge in [0.1, 0.15) is 0 Å². The Hall–Kier alpha value is -2.15. The van der Waals surface area contributed by atoms with Crippen LogP contribution in [0, 0.1) is 5.41 Å². The summed E-state index contributed by atoms with van der Waals surface area (Å²) < 4.78 is 1.57. The van der Waals surface area contributed by atoms with Crippen molar-refractivity contribution in [3.05, 3.63) is 33.4 Å². The van der Waals surface area contributed by atoms with Crippen molar-refractivity contribution in [3.63, 3.8) is 0 Å². The lowest BCUT2D eigenvalue weighted by atomic mass is 9.94. The Morgan fingerprint density at radius 2 is 2.04 bits per heavy atom. The highest BCUT2D eigenvalue weighted by molar-refractivity contribution is 5.82. The highest BCUT2D eigenvalue weighted by atomic mass is 16.2. The fourth-order valence-corrected chi connectivity index (χ4v) is 4.41. The normalized spacial score (nSPS) is 20.9. The lowest BCUT2D eigenvalue weighted by molar-refractivity contribution is -0.140. The van der Waals surface area contributed by atoms with E-state index in [1.165, 1.54) is 0 Å². The quantitative estimate of drug-likeness (QED) is 0.862. The third-order valence-corrected chi connectivity index (χ3v) is 6.06. The van der Waals surface area contributed by atoms with Crippen LogP contribution in [0.5, 0.6) is 0 Å². The molecule has 7 heteroatoms. The van der Waals surface area contributed by atoms with Crippen LogP contribution in [0.3, 0.4) is 0 Å². The Balaban J connectivity index is 1.72. The van der Waals surface area contributed by atoms with Gasteiger partial charge in [-0.05, 0) is 33.1 Å². The Labute approximate surface area is 165 Å². The summed E-state index contributed by atoms with van der Waals surface area (Å²) in [6.45, 7) is 12.6. The van der Waals surface area contributed by atoms with Crippen LogP contribution in [0.1, 0.15) is 70.5 Å². The topological polar surface area (TPSA) is 73.7 Å². The van der Waals surface area contributed by atoms with E-state index in [1.807, 2.05) is 31.7 Å². The first kappa shape index (κ1) is 19.2. The van der Waals surface area contributed by atoms with Crippen LogP contribution in [0.2, 0.25) is 0 Å². The van der Waals surface area contributed by atoms with Crippen LogP contribution >= 0.6 is 0 Å². The smallest absolute Gasteiger partial charge is 0.276 e. The molecule has 1 fully saturated rings. The molecule has 0 bridgehead atoms. The third kappa shape index (κ3) is 3.15.